The highest BCUT2D eigenvalue weighted by molar-refractivity contribution is 8.00. The van der Waals surface area contributed by atoms with Crippen LogP contribution in [0.1, 0.15) is 18.1 Å². The van der Waals surface area contributed by atoms with Gasteiger partial charge in [0.1, 0.15) is 0 Å². The molecule has 1 N–H and O–H groups in total. The van der Waals surface area contributed by atoms with Crippen molar-refractivity contribution in [1.82, 2.24) is 0 Å². The fourth-order valence-corrected chi connectivity index (χ4v) is 3.33. The largest absolute Gasteiger partial charge is 0.454 e. The van der Waals surface area contributed by atoms with Crippen molar-refractivity contribution in [3.8, 4) is 11.5 Å². The highest BCUT2D eigenvalue weighted by Crippen LogP contribution is 2.34. The summed E-state index contributed by atoms with van der Waals surface area (Å²) < 4.78 is 10.6. The van der Waals surface area contributed by atoms with Crippen LogP contribution in [-0.2, 0) is 4.79 Å². The van der Waals surface area contributed by atoms with Crippen LogP contribution in [0.15, 0.2) is 41.3 Å². The molecule has 1 atom stereocenters. The summed E-state index contributed by atoms with van der Waals surface area (Å²) in [6, 6.07) is 11.7. The van der Waals surface area contributed by atoms with Crippen LogP contribution in [-0.4, -0.2) is 18.0 Å². The lowest BCUT2D eigenvalue weighted by molar-refractivity contribution is -0.115. The van der Waals surface area contributed by atoms with Crippen molar-refractivity contribution in [2.45, 2.75) is 30.9 Å². The molecule has 2 aromatic carbocycles. The summed E-state index contributed by atoms with van der Waals surface area (Å²) in [5.41, 5.74) is 3.13. The van der Waals surface area contributed by atoms with Gasteiger partial charge in [0.2, 0.25) is 12.7 Å². The number of carbonyl (C=O) groups excluding carboxylic acids is 1. The molecule has 0 radical (unpaired) electrons. The molecule has 4 nitrogen and oxygen atoms in total. The Morgan fingerprint density at radius 2 is 1.91 bits per heavy atom. The van der Waals surface area contributed by atoms with Crippen LogP contribution in [0.3, 0.4) is 0 Å². The summed E-state index contributed by atoms with van der Waals surface area (Å²) in [5, 5.41) is 2.73. The first-order chi connectivity index (χ1) is 11.0. The van der Waals surface area contributed by atoms with Gasteiger partial charge in [0.15, 0.2) is 11.5 Å². The minimum absolute atomic E-state index is 0.0335. The van der Waals surface area contributed by atoms with E-state index in [0.29, 0.717) is 17.2 Å². The third-order valence-corrected chi connectivity index (χ3v) is 4.92. The smallest absolute Gasteiger partial charge is 0.237 e. The van der Waals surface area contributed by atoms with E-state index in [1.807, 2.05) is 13.0 Å². The van der Waals surface area contributed by atoms with Gasteiger partial charge in [-0.3, -0.25) is 4.79 Å². The molecule has 0 spiro atoms. The summed E-state index contributed by atoms with van der Waals surface area (Å²) in [6.45, 7) is 6.27. The molecule has 3 rings (SSSR count). The zero-order valence-electron chi connectivity index (χ0n) is 13.4. The Balaban J connectivity index is 1.65. The number of aryl methyl sites for hydroxylation is 2. The van der Waals surface area contributed by atoms with Crippen LogP contribution in [0.2, 0.25) is 0 Å². The number of benzene rings is 2. The fourth-order valence-electron chi connectivity index (χ4n) is 2.39. The topological polar surface area (TPSA) is 47.6 Å². The molecule has 1 aliphatic heterocycles. The summed E-state index contributed by atoms with van der Waals surface area (Å²) in [7, 11) is 0. The van der Waals surface area contributed by atoms with Gasteiger partial charge >= 0.3 is 0 Å². The first-order valence-electron chi connectivity index (χ1n) is 7.47. The van der Waals surface area contributed by atoms with Gasteiger partial charge in [-0.25, -0.2) is 0 Å². The van der Waals surface area contributed by atoms with Crippen LogP contribution >= 0.6 is 11.8 Å². The highest BCUT2D eigenvalue weighted by Gasteiger charge is 2.18. The molecule has 120 valence electrons. The summed E-state index contributed by atoms with van der Waals surface area (Å²) in [5.74, 6) is 1.34. The lowest BCUT2D eigenvalue weighted by Gasteiger charge is -2.14. The number of thioether (sulfide) groups is 1. The number of ether oxygens (including phenoxy) is 2. The van der Waals surface area contributed by atoms with Crippen LogP contribution in [0.25, 0.3) is 0 Å². The first kappa shape index (κ1) is 15.7. The Morgan fingerprint density at radius 1 is 1.13 bits per heavy atom. The van der Waals surface area contributed by atoms with Crippen molar-refractivity contribution >= 4 is 23.4 Å². The normalized spacial score (nSPS) is 13.7. The van der Waals surface area contributed by atoms with Crippen molar-refractivity contribution in [1.29, 1.82) is 0 Å². The van der Waals surface area contributed by atoms with Gasteiger partial charge in [0.25, 0.3) is 0 Å². The van der Waals surface area contributed by atoms with E-state index in [9.17, 15) is 4.79 Å². The molecular formula is C18H19NO3S. The number of fused-ring (bicyclic) bond motifs is 1. The number of rotatable bonds is 4. The second-order valence-electron chi connectivity index (χ2n) is 5.59. The van der Waals surface area contributed by atoms with Crippen LogP contribution < -0.4 is 14.8 Å². The number of hydrogen-bond acceptors (Lipinski definition) is 4. The van der Waals surface area contributed by atoms with Gasteiger partial charge in [-0.05, 0) is 44.5 Å². The maximum atomic E-state index is 12.4. The number of carbonyl (C=O) groups is 1. The van der Waals surface area contributed by atoms with Crippen molar-refractivity contribution in [3.63, 3.8) is 0 Å². The van der Waals surface area contributed by atoms with Gasteiger partial charge in [-0.15, -0.1) is 11.8 Å². The van der Waals surface area contributed by atoms with Crippen LogP contribution in [0, 0.1) is 13.8 Å². The summed E-state index contributed by atoms with van der Waals surface area (Å²) >= 11 is 1.56. The maximum absolute atomic E-state index is 12.4. The van der Waals surface area contributed by atoms with Gasteiger partial charge < -0.3 is 14.8 Å². The van der Waals surface area contributed by atoms with E-state index in [-0.39, 0.29) is 18.0 Å². The first-order valence-corrected chi connectivity index (χ1v) is 8.35. The molecule has 1 heterocycles. The molecule has 1 aliphatic rings. The zero-order chi connectivity index (χ0) is 16.4. The maximum Gasteiger partial charge on any atom is 0.237 e. The number of amides is 1. The third kappa shape index (κ3) is 3.62. The van der Waals surface area contributed by atoms with E-state index in [4.69, 9.17) is 9.47 Å². The van der Waals surface area contributed by atoms with E-state index in [1.54, 1.807) is 23.9 Å². The van der Waals surface area contributed by atoms with Gasteiger partial charge in [-0.2, -0.15) is 0 Å². The van der Waals surface area contributed by atoms with E-state index < -0.39 is 0 Å². The van der Waals surface area contributed by atoms with Gasteiger partial charge in [0.05, 0.1) is 5.25 Å². The summed E-state index contributed by atoms with van der Waals surface area (Å²) in [4.78, 5) is 13.5. The molecule has 2 aromatic rings. The molecule has 23 heavy (non-hydrogen) atoms. The average Bonchev–Trinajstić information content (AvgIpc) is 2.97. The number of anilines is 1. The highest BCUT2D eigenvalue weighted by atomic mass is 32.2. The van der Waals surface area contributed by atoms with E-state index in [1.165, 1.54) is 11.1 Å². The molecule has 1 amide bonds. The fraction of sp³-hybridized carbons (Fsp3) is 0.278. The predicted molar refractivity (Wildman–Crippen MR) is 92.4 cm³/mol. The Labute approximate surface area is 140 Å². The standard InChI is InChI=1S/C18H19NO3S/c1-11-4-7-17(12(2)8-11)23-13(3)18(20)19-14-5-6-15-16(9-14)22-10-21-15/h4-9,13H,10H2,1-3H3,(H,19,20)/t13-/m1/s1. The third-order valence-electron chi connectivity index (χ3n) is 3.64. The van der Waals surface area contributed by atoms with E-state index >= 15 is 0 Å². The van der Waals surface area contributed by atoms with Gasteiger partial charge in [0, 0.05) is 16.6 Å². The molecule has 0 saturated heterocycles. The van der Waals surface area contributed by atoms with Crippen LogP contribution in [0.5, 0.6) is 11.5 Å². The molecule has 0 fully saturated rings. The van der Waals surface area contributed by atoms with E-state index in [2.05, 4.69) is 37.4 Å². The molecule has 0 aliphatic carbocycles. The Morgan fingerprint density at radius 3 is 2.70 bits per heavy atom. The quantitative estimate of drug-likeness (QED) is 0.856. The second-order valence-corrected chi connectivity index (χ2v) is 6.97. The van der Waals surface area contributed by atoms with Crippen molar-refractivity contribution in [2.75, 3.05) is 12.1 Å². The van der Waals surface area contributed by atoms with Crippen LogP contribution in [0.4, 0.5) is 5.69 Å². The molecule has 0 saturated carbocycles. The minimum Gasteiger partial charge on any atom is -0.454 e. The number of nitrogens with one attached hydrogen (secondary N) is 1. The van der Waals surface area contributed by atoms with Gasteiger partial charge in [-0.1, -0.05) is 17.7 Å². The second kappa shape index (κ2) is 6.54. The Hall–Kier alpha value is -2.14. The molecule has 0 unspecified atom stereocenters. The molecular weight excluding hydrogens is 310 g/mol. The SMILES string of the molecule is Cc1ccc(S[C@H](C)C(=O)Nc2ccc3c(c2)OCO3)c(C)c1. The average molecular weight is 329 g/mol. The Bertz CT molecular complexity index is 745. The predicted octanol–water partition coefficient (Wildman–Crippen LogP) is 4.15. The molecule has 0 aromatic heterocycles. The Kier molecular flexibility index (Phi) is 4.48. The monoisotopic (exact) mass is 329 g/mol. The van der Waals surface area contributed by atoms with Crippen molar-refractivity contribution in [2.24, 2.45) is 0 Å². The van der Waals surface area contributed by atoms with E-state index in [0.717, 1.165) is 4.90 Å². The number of hydrogen-bond donors (Lipinski definition) is 1. The van der Waals surface area contributed by atoms with Crippen molar-refractivity contribution in [3.05, 3.63) is 47.5 Å². The molecule has 0 bridgehead atoms. The molecule has 5 heteroatoms. The lowest BCUT2D eigenvalue weighted by atomic mass is 10.2. The lowest BCUT2D eigenvalue weighted by Crippen LogP contribution is -2.22. The van der Waals surface area contributed by atoms with Crippen molar-refractivity contribution < 1.29 is 14.3 Å². The summed E-state index contributed by atoms with van der Waals surface area (Å²) in [6.07, 6.45) is 0. The zero-order valence-corrected chi connectivity index (χ0v) is 14.2. The minimum atomic E-state index is -0.193.